The van der Waals surface area contributed by atoms with Crippen molar-refractivity contribution < 1.29 is 9.47 Å². The predicted octanol–water partition coefficient (Wildman–Crippen LogP) is 3.90. The second-order valence-corrected chi connectivity index (χ2v) is 2.60. The van der Waals surface area contributed by atoms with E-state index in [1.807, 2.05) is 45.9 Å². The fraction of sp³-hybridized carbons (Fsp3) is 0.538. The molecular weight excluding hydrogens is 202 g/mol. The molecule has 92 valence electrons. The second kappa shape index (κ2) is 8.89. The summed E-state index contributed by atoms with van der Waals surface area (Å²) in [5.41, 5.74) is 1.07. The number of anilines is 1. The fourth-order valence-corrected chi connectivity index (χ4v) is 1.21. The summed E-state index contributed by atoms with van der Waals surface area (Å²) in [5, 5.41) is 3.20. The zero-order valence-electron chi connectivity index (χ0n) is 11.0. The van der Waals surface area contributed by atoms with Crippen molar-refractivity contribution in [1.29, 1.82) is 0 Å². The third-order valence-electron chi connectivity index (χ3n) is 1.75. The zero-order chi connectivity index (χ0) is 12.4. The number of rotatable bonds is 2. The first-order valence-corrected chi connectivity index (χ1v) is 6.03. The smallest absolute Gasteiger partial charge is 0.231 e. The summed E-state index contributed by atoms with van der Waals surface area (Å²) in [5.74, 6) is 1.66. The van der Waals surface area contributed by atoms with E-state index in [0.29, 0.717) is 6.79 Å². The maximum absolute atomic E-state index is 5.22. The Labute approximate surface area is 98.8 Å². The molecule has 1 aromatic rings. The van der Waals surface area contributed by atoms with Crippen LogP contribution >= 0.6 is 0 Å². The molecule has 0 saturated carbocycles. The van der Waals surface area contributed by atoms with Crippen LogP contribution < -0.4 is 14.8 Å². The van der Waals surface area contributed by atoms with Crippen molar-refractivity contribution in [3.63, 3.8) is 0 Å². The highest BCUT2D eigenvalue weighted by atomic mass is 16.7. The predicted molar refractivity (Wildman–Crippen MR) is 69.4 cm³/mol. The van der Waals surface area contributed by atoms with Crippen LogP contribution in [0, 0.1) is 0 Å². The van der Waals surface area contributed by atoms with Crippen molar-refractivity contribution in [3.8, 4) is 11.5 Å². The van der Waals surface area contributed by atoms with Crippen LogP contribution in [0.5, 0.6) is 11.5 Å². The van der Waals surface area contributed by atoms with Gasteiger partial charge in [0.05, 0.1) is 0 Å². The molecule has 1 aliphatic heterocycles. The largest absolute Gasteiger partial charge is 0.454 e. The molecule has 0 saturated heterocycles. The van der Waals surface area contributed by atoms with E-state index in [9.17, 15) is 0 Å². The van der Waals surface area contributed by atoms with E-state index in [0.717, 1.165) is 23.7 Å². The summed E-state index contributed by atoms with van der Waals surface area (Å²) in [7, 11) is 0. The molecule has 1 heterocycles. The standard InChI is InChI=1S/C9H11NO2.2C2H6/c1-2-10-7-3-4-8-9(5-7)12-6-11-8;2*1-2/h3-5,10H,2,6H2,1H3;2*1-2H3. The summed E-state index contributed by atoms with van der Waals surface area (Å²) in [4.78, 5) is 0. The first-order valence-electron chi connectivity index (χ1n) is 6.03. The number of hydrogen-bond acceptors (Lipinski definition) is 3. The van der Waals surface area contributed by atoms with E-state index in [-0.39, 0.29) is 0 Å². The van der Waals surface area contributed by atoms with Crippen LogP contribution in [0.4, 0.5) is 5.69 Å². The second-order valence-electron chi connectivity index (χ2n) is 2.60. The third kappa shape index (κ3) is 4.01. The van der Waals surface area contributed by atoms with Crippen LogP contribution in [-0.4, -0.2) is 13.3 Å². The number of fused-ring (bicyclic) bond motifs is 1. The summed E-state index contributed by atoms with van der Waals surface area (Å²) >= 11 is 0. The minimum Gasteiger partial charge on any atom is -0.454 e. The highest BCUT2D eigenvalue weighted by Gasteiger charge is 2.12. The van der Waals surface area contributed by atoms with Crippen molar-refractivity contribution in [1.82, 2.24) is 0 Å². The van der Waals surface area contributed by atoms with Crippen molar-refractivity contribution in [3.05, 3.63) is 18.2 Å². The molecule has 0 radical (unpaired) electrons. The van der Waals surface area contributed by atoms with E-state index in [4.69, 9.17) is 9.47 Å². The number of ether oxygens (including phenoxy) is 2. The van der Waals surface area contributed by atoms with Crippen LogP contribution in [0.25, 0.3) is 0 Å². The molecule has 0 unspecified atom stereocenters. The molecule has 1 N–H and O–H groups in total. The van der Waals surface area contributed by atoms with Gasteiger partial charge in [-0.3, -0.25) is 0 Å². The van der Waals surface area contributed by atoms with Crippen molar-refractivity contribution in [2.75, 3.05) is 18.7 Å². The van der Waals surface area contributed by atoms with Crippen molar-refractivity contribution in [2.24, 2.45) is 0 Å². The van der Waals surface area contributed by atoms with Crippen LogP contribution in [-0.2, 0) is 0 Å². The van der Waals surface area contributed by atoms with Gasteiger partial charge in [-0.2, -0.15) is 0 Å². The molecular formula is C13H23NO2. The normalized spacial score (nSPS) is 10.6. The molecule has 3 heteroatoms. The molecule has 3 nitrogen and oxygen atoms in total. The lowest BCUT2D eigenvalue weighted by Gasteiger charge is -2.03. The minimum atomic E-state index is 0.338. The van der Waals surface area contributed by atoms with E-state index in [2.05, 4.69) is 12.2 Å². The number of benzene rings is 1. The van der Waals surface area contributed by atoms with Gasteiger partial charge >= 0.3 is 0 Å². The molecule has 0 aliphatic carbocycles. The van der Waals surface area contributed by atoms with Crippen molar-refractivity contribution in [2.45, 2.75) is 34.6 Å². The van der Waals surface area contributed by atoms with Gasteiger partial charge in [-0.15, -0.1) is 0 Å². The van der Waals surface area contributed by atoms with Gasteiger partial charge in [-0.25, -0.2) is 0 Å². The Balaban J connectivity index is 0.000000509. The molecule has 0 bridgehead atoms. The van der Waals surface area contributed by atoms with Crippen molar-refractivity contribution >= 4 is 5.69 Å². The molecule has 0 spiro atoms. The molecule has 0 atom stereocenters. The number of nitrogens with one attached hydrogen (secondary N) is 1. The Morgan fingerprint density at radius 3 is 2.31 bits per heavy atom. The summed E-state index contributed by atoms with van der Waals surface area (Å²) in [6.07, 6.45) is 0. The maximum Gasteiger partial charge on any atom is 0.231 e. The van der Waals surface area contributed by atoms with Gasteiger partial charge in [-0.05, 0) is 19.1 Å². The van der Waals surface area contributed by atoms with E-state index < -0.39 is 0 Å². The van der Waals surface area contributed by atoms with Crippen LogP contribution in [0.2, 0.25) is 0 Å². The van der Waals surface area contributed by atoms with Gasteiger partial charge in [0, 0.05) is 18.3 Å². The lowest BCUT2D eigenvalue weighted by atomic mass is 10.3. The van der Waals surface area contributed by atoms with Gasteiger partial charge in [-0.1, -0.05) is 27.7 Å². The topological polar surface area (TPSA) is 30.5 Å². The van der Waals surface area contributed by atoms with E-state index in [1.165, 1.54) is 0 Å². The average Bonchev–Trinajstić information content (AvgIpc) is 2.82. The molecule has 0 amide bonds. The Hall–Kier alpha value is -1.38. The van der Waals surface area contributed by atoms with Gasteiger partial charge in [0.1, 0.15) is 0 Å². The lowest BCUT2D eigenvalue weighted by Crippen LogP contribution is -1.95. The summed E-state index contributed by atoms with van der Waals surface area (Å²) in [6, 6.07) is 5.85. The Morgan fingerprint density at radius 1 is 1.06 bits per heavy atom. The molecule has 2 rings (SSSR count). The van der Waals surface area contributed by atoms with E-state index >= 15 is 0 Å². The molecule has 16 heavy (non-hydrogen) atoms. The quantitative estimate of drug-likeness (QED) is 0.828. The first kappa shape index (κ1) is 14.6. The molecule has 0 fully saturated rings. The average molecular weight is 225 g/mol. The molecule has 0 aromatic heterocycles. The highest BCUT2D eigenvalue weighted by Crippen LogP contribution is 2.33. The van der Waals surface area contributed by atoms with Gasteiger partial charge in [0.15, 0.2) is 11.5 Å². The Morgan fingerprint density at radius 2 is 1.69 bits per heavy atom. The SMILES string of the molecule is CC.CC.CCNc1ccc2c(c1)OCO2. The zero-order valence-corrected chi connectivity index (χ0v) is 11.0. The first-order chi connectivity index (χ1) is 7.90. The lowest BCUT2D eigenvalue weighted by molar-refractivity contribution is 0.174. The monoisotopic (exact) mass is 225 g/mol. The molecule has 1 aromatic carbocycles. The minimum absolute atomic E-state index is 0.338. The van der Waals surface area contributed by atoms with Crippen LogP contribution in [0.15, 0.2) is 18.2 Å². The third-order valence-corrected chi connectivity index (χ3v) is 1.75. The molecule has 1 aliphatic rings. The van der Waals surface area contributed by atoms with Gasteiger partial charge < -0.3 is 14.8 Å². The van der Waals surface area contributed by atoms with Gasteiger partial charge in [0.2, 0.25) is 6.79 Å². The van der Waals surface area contributed by atoms with Crippen LogP contribution in [0.1, 0.15) is 34.6 Å². The maximum atomic E-state index is 5.22. The summed E-state index contributed by atoms with van der Waals surface area (Å²) in [6.45, 7) is 11.3. The summed E-state index contributed by atoms with van der Waals surface area (Å²) < 4.78 is 10.4. The number of hydrogen-bond donors (Lipinski definition) is 1. The van der Waals surface area contributed by atoms with E-state index in [1.54, 1.807) is 0 Å². The van der Waals surface area contributed by atoms with Crippen LogP contribution in [0.3, 0.4) is 0 Å². The Kier molecular flexibility index (Phi) is 8.12. The highest BCUT2D eigenvalue weighted by molar-refractivity contribution is 5.55. The Bertz CT molecular complexity index is 287. The van der Waals surface area contributed by atoms with Gasteiger partial charge in [0.25, 0.3) is 0 Å². The fourth-order valence-electron chi connectivity index (χ4n) is 1.21.